The second-order valence-corrected chi connectivity index (χ2v) is 4.53. The van der Waals surface area contributed by atoms with E-state index in [9.17, 15) is 17.6 Å². The monoisotopic (exact) mass is 299 g/mol. The summed E-state index contributed by atoms with van der Waals surface area (Å²) in [6, 6.07) is 11.1. The van der Waals surface area contributed by atoms with Gasteiger partial charge in [-0.3, -0.25) is 0 Å². The molecule has 2 aromatic carbocycles. The van der Waals surface area contributed by atoms with E-state index in [4.69, 9.17) is 5.73 Å². The van der Waals surface area contributed by atoms with Crippen LogP contribution in [0, 0.1) is 5.82 Å². The van der Waals surface area contributed by atoms with Crippen LogP contribution in [0.25, 0.3) is 0 Å². The molecule has 0 heterocycles. The number of hydrogen-bond acceptors (Lipinski definition) is 2. The molecule has 0 aliphatic carbocycles. The van der Waals surface area contributed by atoms with Crippen molar-refractivity contribution in [2.24, 2.45) is 5.73 Å². The number of benzene rings is 2. The lowest BCUT2D eigenvalue weighted by Crippen LogP contribution is -2.19. The van der Waals surface area contributed by atoms with Crippen molar-refractivity contribution in [1.29, 1.82) is 0 Å². The Bertz CT molecular complexity index is 598. The van der Waals surface area contributed by atoms with Gasteiger partial charge in [-0.2, -0.15) is 0 Å². The van der Waals surface area contributed by atoms with Crippen molar-refractivity contribution in [1.82, 2.24) is 0 Å². The molecule has 0 aromatic heterocycles. The molecule has 21 heavy (non-hydrogen) atoms. The maximum Gasteiger partial charge on any atom is 0.573 e. The summed E-state index contributed by atoms with van der Waals surface area (Å²) in [6.45, 7) is 0. The van der Waals surface area contributed by atoms with Crippen molar-refractivity contribution in [3.8, 4) is 5.75 Å². The molecule has 0 saturated carbocycles. The molecule has 0 aliphatic heterocycles. The third kappa shape index (κ3) is 4.46. The van der Waals surface area contributed by atoms with Crippen LogP contribution in [0.4, 0.5) is 17.6 Å². The van der Waals surface area contributed by atoms with Gasteiger partial charge in [-0.15, -0.1) is 13.2 Å². The van der Waals surface area contributed by atoms with E-state index in [1.807, 2.05) is 30.3 Å². The number of halogens is 4. The van der Waals surface area contributed by atoms with E-state index in [0.29, 0.717) is 6.42 Å². The summed E-state index contributed by atoms with van der Waals surface area (Å²) in [6.07, 6.45) is -4.51. The maximum absolute atomic E-state index is 13.7. The van der Waals surface area contributed by atoms with Gasteiger partial charge in [0.1, 0.15) is 11.6 Å². The zero-order chi connectivity index (χ0) is 15.5. The number of alkyl halides is 3. The first-order valence-corrected chi connectivity index (χ1v) is 6.20. The van der Waals surface area contributed by atoms with E-state index in [1.165, 1.54) is 0 Å². The van der Waals surface area contributed by atoms with Crippen molar-refractivity contribution < 1.29 is 22.3 Å². The van der Waals surface area contributed by atoms with Gasteiger partial charge in [0.25, 0.3) is 0 Å². The number of hydrogen-bond donors (Lipinski definition) is 1. The molecule has 0 spiro atoms. The highest BCUT2D eigenvalue weighted by Gasteiger charge is 2.31. The third-order valence-corrected chi connectivity index (χ3v) is 2.90. The molecular weight excluding hydrogens is 286 g/mol. The molecule has 2 aromatic rings. The second-order valence-electron chi connectivity index (χ2n) is 4.53. The van der Waals surface area contributed by atoms with Crippen LogP contribution in [0.15, 0.2) is 48.5 Å². The van der Waals surface area contributed by atoms with E-state index in [1.54, 1.807) is 0 Å². The second kappa shape index (κ2) is 6.13. The normalized spacial score (nSPS) is 13.0. The molecule has 112 valence electrons. The van der Waals surface area contributed by atoms with Gasteiger partial charge < -0.3 is 10.5 Å². The molecule has 2 nitrogen and oxygen atoms in total. The predicted molar refractivity (Wildman–Crippen MR) is 70.2 cm³/mol. The van der Waals surface area contributed by atoms with Crippen LogP contribution in [-0.4, -0.2) is 6.36 Å². The molecule has 0 aliphatic rings. The zero-order valence-corrected chi connectivity index (χ0v) is 10.9. The summed E-state index contributed by atoms with van der Waals surface area (Å²) < 4.78 is 54.0. The lowest BCUT2D eigenvalue weighted by molar-refractivity contribution is -0.274. The van der Waals surface area contributed by atoms with Crippen LogP contribution in [-0.2, 0) is 6.42 Å². The van der Waals surface area contributed by atoms with Gasteiger partial charge in [-0.25, -0.2) is 4.39 Å². The van der Waals surface area contributed by atoms with Crippen molar-refractivity contribution in [3.63, 3.8) is 0 Å². The molecule has 0 radical (unpaired) electrons. The third-order valence-electron chi connectivity index (χ3n) is 2.90. The molecule has 6 heteroatoms. The number of nitrogens with two attached hydrogens (primary N) is 1. The van der Waals surface area contributed by atoms with E-state index < -0.39 is 24.0 Å². The topological polar surface area (TPSA) is 35.2 Å². The van der Waals surface area contributed by atoms with Gasteiger partial charge in [0, 0.05) is 11.6 Å². The fourth-order valence-corrected chi connectivity index (χ4v) is 1.98. The Balaban J connectivity index is 2.20. The molecule has 1 atom stereocenters. The Morgan fingerprint density at radius 3 is 2.33 bits per heavy atom. The van der Waals surface area contributed by atoms with Gasteiger partial charge in [0.15, 0.2) is 0 Å². The van der Waals surface area contributed by atoms with Gasteiger partial charge >= 0.3 is 6.36 Å². The number of rotatable bonds is 4. The largest absolute Gasteiger partial charge is 0.573 e. The quantitative estimate of drug-likeness (QED) is 0.867. The van der Waals surface area contributed by atoms with Gasteiger partial charge in [-0.1, -0.05) is 30.3 Å². The van der Waals surface area contributed by atoms with Crippen molar-refractivity contribution in [3.05, 3.63) is 65.5 Å². The Labute approximate surface area is 119 Å². The Kier molecular flexibility index (Phi) is 4.47. The standard InChI is InChI=1S/C15H13F4NO/c16-13-7-6-11(21-15(17,18)19)9-12(13)14(20)8-10-4-2-1-3-5-10/h1-7,9,14H,8,20H2. The van der Waals surface area contributed by atoms with Gasteiger partial charge in [-0.05, 0) is 30.2 Å². The smallest absolute Gasteiger partial charge is 0.406 e. The first-order valence-electron chi connectivity index (χ1n) is 6.20. The SMILES string of the molecule is NC(Cc1ccccc1)c1cc(OC(F)(F)F)ccc1F. The lowest BCUT2D eigenvalue weighted by Gasteiger charge is -2.15. The van der Waals surface area contributed by atoms with Crippen LogP contribution in [0.1, 0.15) is 17.2 Å². The fourth-order valence-electron chi connectivity index (χ4n) is 1.98. The molecular formula is C15H13F4NO. The van der Waals surface area contributed by atoms with E-state index in [2.05, 4.69) is 4.74 Å². The first kappa shape index (κ1) is 15.3. The van der Waals surface area contributed by atoms with E-state index >= 15 is 0 Å². The summed E-state index contributed by atoms with van der Waals surface area (Å²) >= 11 is 0. The lowest BCUT2D eigenvalue weighted by atomic mass is 9.99. The summed E-state index contributed by atoms with van der Waals surface area (Å²) in [7, 11) is 0. The predicted octanol–water partition coefficient (Wildman–Crippen LogP) is 3.97. The summed E-state index contributed by atoms with van der Waals surface area (Å²) in [5.74, 6) is -1.14. The van der Waals surface area contributed by atoms with Crippen LogP contribution in [0.3, 0.4) is 0 Å². The van der Waals surface area contributed by atoms with E-state index in [0.717, 1.165) is 23.8 Å². The minimum Gasteiger partial charge on any atom is -0.406 e. The first-order chi connectivity index (χ1) is 9.85. The van der Waals surface area contributed by atoms with Gasteiger partial charge in [0.2, 0.25) is 0 Å². The van der Waals surface area contributed by atoms with Crippen molar-refractivity contribution in [2.75, 3.05) is 0 Å². The van der Waals surface area contributed by atoms with Gasteiger partial charge in [0.05, 0.1) is 0 Å². The molecule has 0 fully saturated rings. The minimum absolute atomic E-state index is 0.0133. The minimum atomic E-state index is -4.82. The highest BCUT2D eigenvalue weighted by molar-refractivity contribution is 5.33. The summed E-state index contributed by atoms with van der Waals surface area (Å²) in [5.41, 5.74) is 6.74. The molecule has 2 N–H and O–H groups in total. The number of ether oxygens (including phenoxy) is 1. The summed E-state index contributed by atoms with van der Waals surface area (Å²) in [4.78, 5) is 0. The van der Waals surface area contributed by atoms with Crippen LogP contribution in [0.2, 0.25) is 0 Å². The van der Waals surface area contributed by atoms with Crippen LogP contribution >= 0.6 is 0 Å². The molecule has 0 amide bonds. The molecule has 2 rings (SSSR count). The van der Waals surface area contributed by atoms with E-state index in [-0.39, 0.29) is 5.56 Å². The molecule has 0 saturated heterocycles. The Morgan fingerprint density at radius 2 is 1.71 bits per heavy atom. The molecule has 0 bridgehead atoms. The van der Waals surface area contributed by atoms with Crippen molar-refractivity contribution in [2.45, 2.75) is 18.8 Å². The maximum atomic E-state index is 13.7. The zero-order valence-electron chi connectivity index (χ0n) is 10.9. The summed E-state index contributed by atoms with van der Waals surface area (Å²) in [5, 5.41) is 0. The average molecular weight is 299 g/mol. The van der Waals surface area contributed by atoms with Crippen LogP contribution < -0.4 is 10.5 Å². The van der Waals surface area contributed by atoms with Crippen molar-refractivity contribution >= 4 is 0 Å². The fraction of sp³-hybridized carbons (Fsp3) is 0.200. The highest BCUT2D eigenvalue weighted by Crippen LogP contribution is 2.28. The highest BCUT2D eigenvalue weighted by atomic mass is 19.4. The van der Waals surface area contributed by atoms with Crippen LogP contribution in [0.5, 0.6) is 5.75 Å². The molecule has 1 unspecified atom stereocenters. The Hall–Kier alpha value is -2.08. The average Bonchev–Trinajstić information content (AvgIpc) is 2.40. The Morgan fingerprint density at radius 1 is 1.05 bits per heavy atom.